The van der Waals surface area contributed by atoms with Crippen LogP contribution in [0.2, 0.25) is 0 Å². The summed E-state index contributed by atoms with van der Waals surface area (Å²) in [5, 5.41) is 12.4. The molecular formula is C16H28N2O. The smallest absolute Gasteiger partial charge is 0.0431 e. The van der Waals surface area contributed by atoms with E-state index < -0.39 is 0 Å². The van der Waals surface area contributed by atoms with Gasteiger partial charge in [-0.3, -0.25) is 0 Å². The van der Waals surface area contributed by atoms with Crippen molar-refractivity contribution < 1.29 is 5.11 Å². The van der Waals surface area contributed by atoms with Gasteiger partial charge < -0.3 is 15.0 Å². The van der Waals surface area contributed by atoms with E-state index in [2.05, 4.69) is 29.2 Å². The summed E-state index contributed by atoms with van der Waals surface area (Å²) in [4.78, 5) is 0. The summed E-state index contributed by atoms with van der Waals surface area (Å²) < 4.78 is 2.37. The maximum absolute atomic E-state index is 8.76. The number of hydrogen-bond donors (Lipinski definition) is 2. The Morgan fingerprint density at radius 2 is 2.11 bits per heavy atom. The van der Waals surface area contributed by atoms with Crippen LogP contribution in [0.3, 0.4) is 0 Å². The van der Waals surface area contributed by atoms with Crippen LogP contribution >= 0.6 is 0 Å². The summed E-state index contributed by atoms with van der Waals surface area (Å²) in [5.41, 5.74) is 3.08. The molecule has 1 unspecified atom stereocenters. The Morgan fingerprint density at radius 3 is 2.89 bits per heavy atom. The first-order valence-corrected chi connectivity index (χ1v) is 7.88. The molecule has 108 valence electrons. The van der Waals surface area contributed by atoms with Crippen LogP contribution in [0.25, 0.3) is 0 Å². The number of aliphatic hydroxyl groups excluding tert-OH is 1. The van der Waals surface area contributed by atoms with Crippen molar-refractivity contribution in [3.05, 3.63) is 23.5 Å². The minimum atomic E-state index is 0.335. The van der Waals surface area contributed by atoms with E-state index in [1.165, 1.54) is 37.7 Å². The lowest BCUT2D eigenvalue weighted by atomic mass is 9.91. The summed E-state index contributed by atoms with van der Waals surface area (Å²) in [6, 6.07) is 0.574. The zero-order valence-corrected chi connectivity index (χ0v) is 12.2. The lowest BCUT2D eigenvalue weighted by molar-refractivity contribution is 0.282. The number of hydrogen-bond acceptors (Lipinski definition) is 2. The average molecular weight is 264 g/mol. The highest BCUT2D eigenvalue weighted by molar-refractivity contribution is 5.30. The second-order valence-electron chi connectivity index (χ2n) is 5.62. The number of aryl methyl sites for hydroxylation is 2. The molecule has 1 aliphatic rings. The molecule has 0 radical (unpaired) electrons. The van der Waals surface area contributed by atoms with Gasteiger partial charge in [0.1, 0.15) is 0 Å². The summed E-state index contributed by atoms with van der Waals surface area (Å²) >= 11 is 0. The second kappa shape index (κ2) is 7.71. The summed E-state index contributed by atoms with van der Waals surface area (Å²) in [5.74, 6) is 0. The molecule has 2 N–H and O–H groups in total. The Hall–Kier alpha value is -0.800. The molecule has 19 heavy (non-hydrogen) atoms. The molecule has 0 amide bonds. The van der Waals surface area contributed by atoms with Crippen LogP contribution in [0.4, 0.5) is 0 Å². The minimum absolute atomic E-state index is 0.335. The van der Waals surface area contributed by atoms with Gasteiger partial charge in [0.05, 0.1) is 0 Å². The van der Waals surface area contributed by atoms with Crippen molar-refractivity contribution in [2.24, 2.45) is 0 Å². The standard InChI is InChI=1S/C16H28N2O/c1-2-17-16-9-7-8-14-12-18(13-15(14)16)10-5-3-4-6-11-19/h12-13,16-17,19H,2-11H2,1H3. The number of aliphatic hydroxyl groups is 1. The summed E-state index contributed by atoms with van der Waals surface area (Å²) in [6.45, 7) is 4.70. The van der Waals surface area contributed by atoms with Crippen LogP contribution in [0.15, 0.2) is 12.4 Å². The van der Waals surface area contributed by atoms with E-state index in [1.54, 1.807) is 5.56 Å². The third-order valence-corrected chi connectivity index (χ3v) is 4.09. The average Bonchev–Trinajstić information content (AvgIpc) is 2.83. The van der Waals surface area contributed by atoms with Gasteiger partial charge in [-0.1, -0.05) is 19.8 Å². The van der Waals surface area contributed by atoms with Crippen molar-refractivity contribution in [2.75, 3.05) is 13.2 Å². The van der Waals surface area contributed by atoms with Crippen molar-refractivity contribution in [3.8, 4) is 0 Å². The molecule has 0 aromatic carbocycles. The Morgan fingerprint density at radius 1 is 1.26 bits per heavy atom. The van der Waals surface area contributed by atoms with E-state index in [4.69, 9.17) is 5.11 Å². The molecule has 1 aliphatic carbocycles. The van der Waals surface area contributed by atoms with Gasteiger partial charge in [-0.05, 0) is 49.8 Å². The highest BCUT2D eigenvalue weighted by Crippen LogP contribution is 2.30. The first kappa shape index (κ1) is 14.6. The number of aromatic nitrogens is 1. The first-order valence-electron chi connectivity index (χ1n) is 7.88. The van der Waals surface area contributed by atoms with Gasteiger partial charge >= 0.3 is 0 Å². The molecule has 3 heteroatoms. The molecule has 1 heterocycles. The predicted octanol–water partition coefficient (Wildman–Crippen LogP) is 3.03. The molecule has 1 aromatic heterocycles. The zero-order chi connectivity index (χ0) is 13.5. The lowest BCUT2D eigenvalue weighted by Gasteiger charge is -2.22. The molecule has 0 saturated heterocycles. The molecule has 0 fully saturated rings. The van der Waals surface area contributed by atoms with Gasteiger partial charge in [0.15, 0.2) is 0 Å². The van der Waals surface area contributed by atoms with E-state index in [1.807, 2.05) is 0 Å². The maximum Gasteiger partial charge on any atom is 0.0431 e. The molecular weight excluding hydrogens is 236 g/mol. The van der Waals surface area contributed by atoms with Crippen LogP contribution in [-0.4, -0.2) is 22.8 Å². The van der Waals surface area contributed by atoms with Gasteiger partial charge in [0.2, 0.25) is 0 Å². The van der Waals surface area contributed by atoms with Crippen molar-refractivity contribution in [2.45, 2.75) is 64.5 Å². The number of nitrogens with one attached hydrogen (secondary N) is 1. The Balaban J connectivity index is 1.86. The van der Waals surface area contributed by atoms with Crippen molar-refractivity contribution >= 4 is 0 Å². The van der Waals surface area contributed by atoms with E-state index in [-0.39, 0.29) is 0 Å². The number of nitrogens with zero attached hydrogens (tertiary/aromatic N) is 1. The van der Waals surface area contributed by atoms with Crippen molar-refractivity contribution in [3.63, 3.8) is 0 Å². The molecule has 0 bridgehead atoms. The Kier molecular flexibility index (Phi) is 5.93. The normalized spacial score (nSPS) is 18.5. The molecule has 3 nitrogen and oxygen atoms in total. The minimum Gasteiger partial charge on any atom is -0.396 e. The largest absolute Gasteiger partial charge is 0.396 e. The van der Waals surface area contributed by atoms with Gasteiger partial charge in [0.25, 0.3) is 0 Å². The van der Waals surface area contributed by atoms with Crippen molar-refractivity contribution in [1.82, 2.24) is 9.88 Å². The van der Waals surface area contributed by atoms with Gasteiger partial charge in [0, 0.05) is 31.6 Å². The Bertz CT molecular complexity index is 373. The number of rotatable bonds is 8. The van der Waals surface area contributed by atoms with E-state index in [9.17, 15) is 0 Å². The zero-order valence-electron chi connectivity index (χ0n) is 12.2. The SMILES string of the molecule is CCNC1CCCc2cn(CCCCCCO)cc21. The Labute approximate surface area is 117 Å². The molecule has 1 atom stereocenters. The molecule has 0 saturated carbocycles. The number of unbranched alkanes of at least 4 members (excludes halogenated alkanes) is 3. The van der Waals surface area contributed by atoms with E-state index in [0.29, 0.717) is 12.6 Å². The fraction of sp³-hybridized carbons (Fsp3) is 0.750. The van der Waals surface area contributed by atoms with E-state index in [0.717, 1.165) is 25.9 Å². The fourth-order valence-electron chi connectivity index (χ4n) is 3.10. The molecule has 1 aromatic rings. The van der Waals surface area contributed by atoms with Crippen LogP contribution in [0.1, 0.15) is 62.6 Å². The highest BCUT2D eigenvalue weighted by Gasteiger charge is 2.20. The fourth-order valence-corrected chi connectivity index (χ4v) is 3.10. The van der Waals surface area contributed by atoms with Crippen LogP contribution in [-0.2, 0) is 13.0 Å². The van der Waals surface area contributed by atoms with E-state index >= 15 is 0 Å². The van der Waals surface area contributed by atoms with Crippen molar-refractivity contribution in [1.29, 1.82) is 0 Å². The highest BCUT2D eigenvalue weighted by atomic mass is 16.2. The maximum atomic E-state index is 8.76. The lowest BCUT2D eigenvalue weighted by Crippen LogP contribution is -2.23. The monoisotopic (exact) mass is 264 g/mol. The topological polar surface area (TPSA) is 37.2 Å². The van der Waals surface area contributed by atoms with Crippen LogP contribution in [0.5, 0.6) is 0 Å². The summed E-state index contributed by atoms with van der Waals surface area (Å²) in [7, 11) is 0. The first-order chi connectivity index (χ1) is 9.35. The number of fused-ring (bicyclic) bond motifs is 1. The third-order valence-electron chi connectivity index (χ3n) is 4.09. The molecule has 2 rings (SSSR count). The third kappa shape index (κ3) is 4.08. The quantitative estimate of drug-likeness (QED) is 0.708. The second-order valence-corrected chi connectivity index (χ2v) is 5.62. The predicted molar refractivity (Wildman–Crippen MR) is 79.3 cm³/mol. The van der Waals surface area contributed by atoms with Gasteiger partial charge in [-0.15, -0.1) is 0 Å². The molecule has 0 spiro atoms. The van der Waals surface area contributed by atoms with Crippen LogP contribution in [0, 0.1) is 0 Å². The van der Waals surface area contributed by atoms with Gasteiger partial charge in [-0.2, -0.15) is 0 Å². The van der Waals surface area contributed by atoms with Crippen LogP contribution < -0.4 is 5.32 Å². The van der Waals surface area contributed by atoms with Gasteiger partial charge in [-0.25, -0.2) is 0 Å². The molecule has 0 aliphatic heterocycles. The summed E-state index contributed by atoms with van der Waals surface area (Å²) in [6.07, 6.45) is 13.1.